The van der Waals surface area contributed by atoms with E-state index in [9.17, 15) is 9.18 Å². The molecule has 3 rings (SSSR count). The molecule has 0 aliphatic rings. The minimum absolute atomic E-state index is 0.0154. The highest BCUT2D eigenvalue weighted by molar-refractivity contribution is 5.70. The second-order valence-electron chi connectivity index (χ2n) is 4.79. The molecule has 5 nitrogen and oxygen atoms in total. The number of nitrogens with zero attached hydrogens (tertiary/aromatic N) is 3. The van der Waals surface area contributed by atoms with Gasteiger partial charge in [0.1, 0.15) is 11.5 Å². The van der Waals surface area contributed by atoms with Gasteiger partial charge in [0.05, 0.1) is 18.3 Å². The van der Waals surface area contributed by atoms with Gasteiger partial charge in [-0.2, -0.15) is 0 Å². The molecule has 0 aliphatic heterocycles. The Morgan fingerprint density at radius 2 is 1.77 bits per heavy atom. The summed E-state index contributed by atoms with van der Waals surface area (Å²) in [7, 11) is 0. The molecule has 6 heteroatoms. The van der Waals surface area contributed by atoms with Gasteiger partial charge in [-0.15, -0.1) is 5.10 Å². The van der Waals surface area contributed by atoms with Crippen LogP contribution in [0.15, 0.2) is 54.7 Å². The monoisotopic (exact) mass is 297 g/mol. The van der Waals surface area contributed by atoms with E-state index >= 15 is 0 Å². The van der Waals surface area contributed by atoms with E-state index in [0.29, 0.717) is 5.69 Å². The van der Waals surface area contributed by atoms with Crippen molar-refractivity contribution in [3.8, 4) is 16.9 Å². The minimum Gasteiger partial charge on any atom is -0.481 e. The fourth-order valence-electron chi connectivity index (χ4n) is 2.08. The summed E-state index contributed by atoms with van der Waals surface area (Å²) in [5.41, 5.74) is 2.90. The Kier molecular flexibility index (Phi) is 3.65. The number of rotatable bonds is 4. The molecule has 1 heterocycles. The number of carbonyl (C=O) groups is 1. The largest absolute Gasteiger partial charge is 0.481 e. The fraction of sp³-hybridized carbons (Fsp3) is 0.0625. The maximum atomic E-state index is 12.9. The van der Waals surface area contributed by atoms with Crippen LogP contribution in [0.4, 0.5) is 4.39 Å². The molecule has 0 atom stereocenters. The Morgan fingerprint density at radius 3 is 2.41 bits per heavy atom. The highest BCUT2D eigenvalue weighted by atomic mass is 19.1. The molecule has 0 radical (unpaired) electrons. The van der Waals surface area contributed by atoms with E-state index in [1.165, 1.54) is 12.1 Å². The number of aliphatic carboxylic acids is 1. The lowest BCUT2D eigenvalue weighted by Crippen LogP contribution is -2.00. The fourth-order valence-corrected chi connectivity index (χ4v) is 2.08. The maximum absolute atomic E-state index is 12.9. The molecule has 22 heavy (non-hydrogen) atoms. The first-order valence-corrected chi connectivity index (χ1v) is 6.61. The predicted molar refractivity (Wildman–Crippen MR) is 78.1 cm³/mol. The Morgan fingerprint density at radius 1 is 1.09 bits per heavy atom. The van der Waals surface area contributed by atoms with Crippen LogP contribution in [0, 0.1) is 5.82 Å². The SMILES string of the molecule is O=C(O)Cc1ccc(-n2cc(-c3ccc(F)cc3)nn2)cc1. The van der Waals surface area contributed by atoms with Crippen molar-refractivity contribution >= 4 is 5.97 Å². The predicted octanol–water partition coefficient (Wildman–Crippen LogP) is 2.70. The number of hydrogen-bond acceptors (Lipinski definition) is 3. The summed E-state index contributed by atoms with van der Waals surface area (Å²) < 4.78 is 14.5. The third-order valence-electron chi connectivity index (χ3n) is 3.19. The number of carboxylic acid groups (broad SMARTS) is 1. The van der Waals surface area contributed by atoms with Gasteiger partial charge in [-0.05, 0) is 42.0 Å². The van der Waals surface area contributed by atoms with Crippen LogP contribution in [0.3, 0.4) is 0 Å². The lowest BCUT2D eigenvalue weighted by atomic mass is 10.1. The van der Waals surface area contributed by atoms with Crippen LogP contribution in [0.5, 0.6) is 0 Å². The second-order valence-corrected chi connectivity index (χ2v) is 4.79. The van der Waals surface area contributed by atoms with Crippen molar-refractivity contribution in [2.75, 3.05) is 0 Å². The van der Waals surface area contributed by atoms with Crippen molar-refractivity contribution < 1.29 is 14.3 Å². The molecule has 0 amide bonds. The maximum Gasteiger partial charge on any atom is 0.307 e. The molecular formula is C16H12FN3O2. The van der Waals surface area contributed by atoms with Gasteiger partial charge in [0.25, 0.3) is 0 Å². The van der Waals surface area contributed by atoms with Crippen molar-refractivity contribution in [1.29, 1.82) is 0 Å². The second kappa shape index (κ2) is 5.77. The van der Waals surface area contributed by atoms with Gasteiger partial charge in [0, 0.05) is 5.56 Å². The minimum atomic E-state index is -0.868. The average Bonchev–Trinajstić information content (AvgIpc) is 2.98. The van der Waals surface area contributed by atoms with Crippen LogP contribution in [-0.2, 0) is 11.2 Å². The van der Waals surface area contributed by atoms with E-state index in [-0.39, 0.29) is 12.2 Å². The zero-order valence-corrected chi connectivity index (χ0v) is 11.5. The molecule has 0 fully saturated rings. The zero-order valence-electron chi connectivity index (χ0n) is 11.5. The van der Waals surface area contributed by atoms with Crippen molar-refractivity contribution in [2.45, 2.75) is 6.42 Å². The molecule has 0 saturated heterocycles. The van der Waals surface area contributed by atoms with Gasteiger partial charge in [0.2, 0.25) is 0 Å². The highest BCUT2D eigenvalue weighted by Gasteiger charge is 2.06. The van der Waals surface area contributed by atoms with E-state index in [4.69, 9.17) is 5.11 Å². The van der Waals surface area contributed by atoms with Crippen LogP contribution in [0.1, 0.15) is 5.56 Å². The van der Waals surface area contributed by atoms with Gasteiger partial charge in [0.15, 0.2) is 0 Å². The summed E-state index contributed by atoms with van der Waals surface area (Å²) in [6.45, 7) is 0. The van der Waals surface area contributed by atoms with Gasteiger partial charge >= 0.3 is 5.97 Å². The standard InChI is InChI=1S/C16H12FN3O2/c17-13-5-3-12(4-6-13)15-10-20(19-18-15)14-7-1-11(2-8-14)9-16(21)22/h1-8,10H,9H2,(H,21,22). The molecule has 3 aromatic rings. The molecule has 0 unspecified atom stereocenters. The van der Waals surface area contributed by atoms with E-state index in [1.54, 1.807) is 47.3 Å². The third kappa shape index (κ3) is 3.01. The quantitative estimate of drug-likeness (QED) is 0.804. The number of carboxylic acids is 1. The van der Waals surface area contributed by atoms with Crippen LogP contribution < -0.4 is 0 Å². The summed E-state index contributed by atoms with van der Waals surface area (Å²) >= 11 is 0. The first-order valence-electron chi connectivity index (χ1n) is 6.61. The molecule has 110 valence electrons. The molecule has 0 saturated carbocycles. The van der Waals surface area contributed by atoms with E-state index in [2.05, 4.69) is 10.3 Å². The number of benzene rings is 2. The summed E-state index contributed by atoms with van der Waals surface area (Å²) in [5, 5.41) is 16.8. The smallest absolute Gasteiger partial charge is 0.307 e. The molecule has 2 aromatic carbocycles. The van der Waals surface area contributed by atoms with E-state index in [1.807, 2.05) is 0 Å². The van der Waals surface area contributed by atoms with Crippen LogP contribution in [-0.4, -0.2) is 26.1 Å². The van der Waals surface area contributed by atoms with Crippen molar-refractivity contribution in [3.05, 3.63) is 66.1 Å². The Hall–Kier alpha value is -3.02. The van der Waals surface area contributed by atoms with Gasteiger partial charge in [-0.25, -0.2) is 9.07 Å². The Balaban J connectivity index is 1.84. The summed E-state index contributed by atoms with van der Waals surface area (Å²) in [5.74, 6) is -1.17. The average molecular weight is 297 g/mol. The highest BCUT2D eigenvalue weighted by Crippen LogP contribution is 2.18. The number of hydrogen-bond donors (Lipinski definition) is 1. The lowest BCUT2D eigenvalue weighted by molar-refractivity contribution is -0.136. The topological polar surface area (TPSA) is 68.0 Å². The van der Waals surface area contributed by atoms with Crippen molar-refractivity contribution in [3.63, 3.8) is 0 Å². The summed E-state index contributed by atoms with van der Waals surface area (Å²) in [6, 6.07) is 13.1. The summed E-state index contributed by atoms with van der Waals surface area (Å²) in [4.78, 5) is 10.7. The first-order chi connectivity index (χ1) is 10.6. The number of halogens is 1. The number of aromatic nitrogens is 3. The molecule has 0 spiro atoms. The molecular weight excluding hydrogens is 285 g/mol. The third-order valence-corrected chi connectivity index (χ3v) is 3.19. The van der Waals surface area contributed by atoms with Crippen molar-refractivity contribution in [1.82, 2.24) is 15.0 Å². The molecule has 0 aliphatic carbocycles. The molecule has 0 bridgehead atoms. The van der Waals surface area contributed by atoms with Gasteiger partial charge < -0.3 is 5.11 Å². The Bertz CT molecular complexity index is 795. The van der Waals surface area contributed by atoms with Crippen LogP contribution in [0.25, 0.3) is 16.9 Å². The lowest BCUT2D eigenvalue weighted by Gasteiger charge is -2.01. The molecule has 1 aromatic heterocycles. The molecule has 1 N–H and O–H groups in total. The van der Waals surface area contributed by atoms with E-state index < -0.39 is 5.97 Å². The summed E-state index contributed by atoms with van der Waals surface area (Å²) in [6.07, 6.45) is 1.72. The first kappa shape index (κ1) is 13.9. The van der Waals surface area contributed by atoms with Crippen LogP contribution >= 0.6 is 0 Å². The van der Waals surface area contributed by atoms with Gasteiger partial charge in [-0.3, -0.25) is 4.79 Å². The van der Waals surface area contributed by atoms with Crippen LogP contribution in [0.2, 0.25) is 0 Å². The van der Waals surface area contributed by atoms with Crippen molar-refractivity contribution in [2.24, 2.45) is 0 Å². The normalized spacial score (nSPS) is 10.6. The zero-order chi connectivity index (χ0) is 15.5. The van der Waals surface area contributed by atoms with E-state index in [0.717, 1.165) is 16.8 Å². The van der Waals surface area contributed by atoms with Gasteiger partial charge in [-0.1, -0.05) is 17.3 Å². The Labute approximate surface area is 125 Å².